The number of carboxylic acids is 1. The van der Waals surface area contributed by atoms with Gasteiger partial charge in [0.15, 0.2) is 5.16 Å². The monoisotopic (exact) mass is 293 g/mol. The molecule has 2 rings (SSSR count). The van der Waals surface area contributed by atoms with Crippen LogP contribution in [-0.4, -0.2) is 39.3 Å². The number of para-hydroxylation sites is 1. The summed E-state index contributed by atoms with van der Waals surface area (Å²) in [6, 6.07) is 5.68. The van der Waals surface area contributed by atoms with Crippen LogP contribution < -0.4 is 5.32 Å². The van der Waals surface area contributed by atoms with Gasteiger partial charge in [-0.05, 0) is 18.6 Å². The van der Waals surface area contributed by atoms with E-state index in [2.05, 4.69) is 10.3 Å². The van der Waals surface area contributed by atoms with Gasteiger partial charge in [-0.15, -0.1) is 0 Å². The number of fused-ring (bicyclic) bond motifs is 1. The number of imidazole rings is 1. The first-order valence-corrected chi connectivity index (χ1v) is 7.02. The number of likely N-dealkylation sites (N-methyl/N-ethyl adjacent to an activating group) is 1. The van der Waals surface area contributed by atoms with E-state index in [1.54, 1.807) is 11.6 Å². The van der Waals surface area contributed by atoms with Crippen LogP contribution in [0.2, 0.25) is 0 Å². The van der Waals surface area contributed by atoms with E-state index < -0.39 is 5.97 Å². The van der Waals surface area contributed by atoms with Gasteiger partial charge >= 0.3 is 5.97 Å². The first kappa shape index (κ1) is 14.4. The van der Waals surface area contributed by atoms with Gasteiger partial charge in [-0.3, -0.25) is 9.59 Å². The largest absolute Gasteiger partial charge is 0.481 e. The van der Waals surface area contributed by atoms with Crippen molar-refractivity contribution in [2.45, 2.75) is 18.6 Å². The lowest BCUT2D eigenvalue weighted by Crippen LogP contribution is -2.24. The second-order valence-corrected chi connectivity index (χ2v) is 5.22. The number of hydrogen-bond donors (Lipinski definition) is 2. The zero-order chi connectivity index (χ0) is 14.7. The summed E-state index contributed by atoms with van der Waals surface area (Å²) in [5.74, 6) is -1.15. The van der Waals surface area contributed by atoms with Crippen molar-refractivity contribution in [3.8, 4) is 0 Å². The second-order valence-electron chi connectivity index (χ2n) is 4.28. The molecule has 0 aliphatic carbocycles. The molecule has 0 fully saturated rings. The fourth-order valence-electron chi connectivity index (χ4n) is 1.95. The van der Waals surface area contributed by atoms with Crippen LogP contribution in [0.25, 0.3) is 11.0 Å². The lowest BCUT2D eigenvalue weighted by molar-refractivity contribution is -0.133. The van der Waals surface area contributed by atoms with Crippen LogP contribution in [-0.2, 0) is 16.1 Å². The SMILES string of the molecule is CNC(=O)Cn1c(SCC(=O)O)nc2cccc(C)c21. The number of aliphatic carboxylic acids is 1. The Morgan fingerprint density at radius 3 is 2.85 bits per heavy atom. The van der Waals surface area contributed by atoms with E-state index >= 15 is 0 Å². The van der Waals surface area contributed by atoms with Crippen molar-refractivity contribution in [3.05, 3.63) is 23.8 Å². The van der Waals surface area contributed by atoms with Gasteiger partial charge in [-0.1, -0.05) is 23.9 Å². The molecule has 1 aromatic carbocycles. The maximum Gasteiger partial charge on any atom is 0.313 e. The number of aryl methyl sites for hydroxylation is 1. The number of carbonyl (C=O) groups is 2. The van der Waals surface area contributed by atoms with Crippen LogP contribution in [0.15, 0.2) is 23.4 Å². The Kier molecular flexibility index (Phi) is 4.29. The van der Waals surface area contributed by atoms with Crippen molar-refractivity contribution in [1.82, 2.24) is 14.9 Å². The van der Waals surface area contributed by atoms with Gasteiger partial charge in [0, 0.05) is 7.05 Å². The Balaban J connectivity index is 2.48. The molecule has 2 aromatic rings. The lowest BCUT2D eigenvalue weighted by atomic mass is 10.2. The molecule has 2 N–H and O–H groups in total. The maximum atomic E-state index is 11.6. The fourth-order valence-corrected chi connectivity index (χ4v) is 2.68. The van der Waals surface area contributed by atoms with Crippen molar-refractivity contribution in [2.24, 2.45) is 0 Å². The molecular weight excluding hydrogens is 278 g/mol. The summed E-state index contributed by atoms with van der Waals surface area (Å²) in [6.45, 7) is 2.07. The number of amides is 1. The van der Waals surface area contributed by atoms with Crippen LogP contribution in [0.3, 0.4) is 0 Å². The van der Waals surface area contributed by atoms with Gasteiger partial charge < -0.3 is 15.0 Å². The summed E-state index contributed by atoms with van der Waals surface area (Å²) in [7, 11) is 1.57. The molecule has 106 valence electrons. The minimum Gasteiger partial charge on any atom is -0.481 e. The minimum absolute atomic E-state index is 0.0872. The number of hydrogen-bond acceptors (Lipinski definition) is 4. The van der Waals surface area contributed by atoms with Crippen molar-refractivity contribution in [3.63, 3.8) is 0 Å². The molecule has 1 aromatic heterocycles. The number of aromatic nitrogens is 2. The molecule has 0 saturated carbocycles. The molecule has 0 radical (unpaired) electrons. The quantitative estimate of drug-likeness (QED) is 0.811. The summed E-state index contributed by atoms with van der Waals surface area (Å²) in [5.41, 5.74) is 2.63. The molecule has 7 heteroatoms. The number of rotatable bonds is 5. The summed E-state index contributed by atoms with van der Waals surface area (Å²) in [4.78, 5) is 26.8. The standard InChI is InChI=1S/C13H15N3O3S/c1-8-4-3-5-9-12(8)16(6-10(17)14-2)13(15-9)20-7-11(18)19/h3-5H,6-7H2,1-2H3,(H,14,17)(H,18,19). The third-order valence-electron chi connectivity index (χ3n) is 2.84. The van der Waals surface area contributed by atoms with E-state index in [1.165, 1.54) is 0 Å². The van der Waals surface area contributed by atoms with Crippen molar-refractivity contribution in [1.29, 1.82) is 0 Å². The van der Waals surface area contributed by atoms with Gasteiger partial charge in [0.1, 0.15) is 6.54 Å². The predicted octanol–water partition coefficient (Wildman–Crippen LogP) is 1.27. The molecule has 0 bridgehead atoms. The normalized spacial score (nSPS) is 10.7. The van der Waals surface area contributed by atoms with Crippen LogP contribution in [0.5, 0.6) is 0 Å². The van der Waals surface area contributed by atoms with E-state index in [4.69, 9.17) is 5.11 Å². The molecule has 0 unspecified atom stereocenters. The van der Waals surface area contributed by atoms with Crippen LogP contribution in [0.1, 0.15) is 5.56 Å². The highest BCUT2D eigenvalue weighted by Crippen LogP contribution is 2.26. The average Bonchev–Trinajstić information content (AvgIpc) is 2.75. The fraction of sp³-hybridized carbons (Fsp3) is 0.308. The molecule has 1 heterocycles. The van der Waals surface area contributed by atoms with Gasteiger partial charge in [-0.2, -0.15) is 0 Å². The number of nitrogens with one attached hydrogen (secondary N) is 1. The van der Waals surface area contributed by atoms with Gasteiger partial charge in [0.2, 0.25) is 5.91 Å². The maximum absolute atomic E-state index is 11.6. The summed E-state index contributed by atoms with van der Waals surface area (Å²) in [5, 5.41) is 11.9. The minimum atomic E-state index is -0.912. The Hall–Kier alpha value is -2.02. The number of carbonyl (C=O) groups excluding carboxylic acids is 1. The van der Waals surface area contributed by atoms with Crippen molar-refractivity contribution >= 4 is 34.7 Å². The van der Waals surface area contributed by atoms with Crippen LogP contribution >= 0.6 is 11.8 Å². The average molecular weight is 293 g/mol. The van der Waals surface area contributed by atoms with E-state index in [-0.39, 0.29) is 18.2 Å². The lowest BCUT2D eigenvalue weighted by Gasteiger charge is -2.08. The van der Waals surface area contributed by atoms with E-state index in [0.717, 1.165) is 28.4 Å². The van der Waals surface area contributed by atoms with Crippen LogP contribution in [0, 0.1) is 6.92 Å². The van der Waals surface area contributed by atoms with Crippen LogP contribution in [0.4, 0.5) is 0 Å². The van der Waals surface area contributed by atoms with Gasteiger partial charge in [0.05, 0.1) is 16.8 Å². The van der Waals surface area contributed by atoms with Gasteiger partial charge in [0.25, 0.3) is 0 Å². The molecule has 0 spiro atoms. The first-order valence-electron chi connectivity index (χ1n) is 6.04. The first-order chi connectivity index (χ1) is 9.52. The zero-order valence-electron chi connectivity index (χ0n) is 11.2. The number of carboxylic acid groups (broad SMARTS) is 1. The molecule has 0 saturated heterocycles. The topological polar surface area (TPSA) is 84.2 Å². The predicted molar refractivity (Wildman–Crippen MR) is 76.9 cm³/mol. The smallest absolute Gasteiger partial charge is 0.313 e. The molecule has 1 amide bonds. The Bertz CT molecular complexity index is 666. The molecule has 0 aliphatic rings. The third kappa shape index (κ3) is 2.93. The molecule has 0 atom stereocenters. The summed E-state index contributed by atoms with van der Waals surface area (Å²) < 4.78 is 1.76. The highest BCUT2D eigenvalue weighted by Gasteiger charge is 2.16. The summed E-state index contributed by atoms with van der Waals surface area (Å²) >= 11 is 1.11. The molecule has 6 nitrogen and oxygen atoms in total. The Morgan fingerprint density at radius 2 is 2.20 bits per heavy atom. The zero-order valence-corrected chi connectivity index (χ0v) is 12.0. The highest BCUT2D eigenvalue weighted by molar-refractivity contribution is 7.99. The molecular formula is C13H15N3O3S. The van der Waals surface area contributed by atoms with Gasteiger partial charge in [-0.25, -0.2) is 4.98 Å². The number of nitrogens with zero attached hydrogens (tertiary/aromatic N) is 2. The molecule has 0 aliphatic heterocycles. The number of benzene rings is 1. The third-order valence-corrected chi connectivity index (χ3v) is 3.80. The van der Waals surface area contributed by atoms with E-state index in [9.17, 15) is 9.59 Å². The Morgan fingerprint density at radius 1 is 1.45 bits per heavy atom. The molecule has 20 heavy (non-hydrogen) atoms. The Labute approximate surface area is 120 Å². The van der Waals surface area contributed by atoms with Crippen molar-refractivity contribution < 1.29 is 14.7 Å². The number of thioether (sulfide) groups is 1. The highest BCUT2D eigenvalue weighted by atomic mass is 32.2. The van der Waals surface area contributed by atoms with E-state index in [0.29, 0.717) is 5.16 Å². The van der Waals surface area contributed by atoms with Crippen molar-refractivity contribution in [2.75, 3.05) is 12.8 Å². The van der Waals surface area contributed by atoms with E-state index in [1.807, 2.05) is 25.1 Å². The summed E-state index contributed by atoms with van der Waals surface area (Å²) in [6.07, 6.45) is 0. The second kappa shape index (κ2) is 5.96.